The molecular formula is C12H22N2O5S2. The lowest BCUT2D eigenvalue weighted by atomic mass is 10.2. The number of aliphatic carboxylic acids is 2. The molecule has 0 aromatic rings. The van der Waals surface area contributed by atoms with Crippen LogP contribution in [0.2, 0.25) is 0 Å². The number of unbranched alkanes of at least 4 members (excludes halogenated alkanes) is 2. The third kappa shape index (κ3) is 10.4. The van der Waals surface area contributed by atoms with Gasteiger partial charge in [0.1, 0.15) is 12.1 Å². The number of carboxylic acids is 2. The SMILES string of the molecule is CCCCCC(=O)N[C@@H](CSSC[C@H](N)C(=O)O)C(=O)O. The number of amides is 1. The van der Waals surface area contributed by atoms with Gasteiger partial charge in [-0.15, -0.1) is 0 Å². The molecule has 122 valence electrons. The molecule has 0 saturated carbocycles. The molecule has 2 atom stereocenters. The molecule has 0 heterocycles. The molecular weight excluding hydrogens is 316 g/mol. The van der Waals surface area contributed by atoms with E-state index >= 15 is 0 Å². The van der Waals surface area contributed by atoms with Crippen LogP contribution < -0.4 is 11.1 Å². The molecule has 0 aliphatic rings. The van der Waals surface area contributed by atoms with Crippen LogP contribution in [0.5, 0.6) is 0 Å². The Balaban J connectivity index is 4.00. The fraction of sp³-hybridized carbons (Fsp3) is 0.750. The van der Waals surface area contributed by atoms with Gasteiger partial charge in [0.25, 0.3) is 0 Å². The summed E-state index contributed by atoms with van der Waals surface area (Å²) in [7, 11) is 2.36. The first-order valence-electron chi connectivity index (χ1n) is 6.63. The largest absolute Gasteiger partial charge is 0.480 e. The van der Waals surface area contributed by atoms with Crippen molar-refractivity contribution in [2.75, 3.05) is 11.5 Å². The van der Waals surface area contributed by atoms with Crippen molar-refractivity contribution in [1.82, 2.24) is 5.32 Å². The number of hydrogen-bond acceptors (Lipinski definition) is 6. The van der Waals surface area contributed by atoms with Gasteiger partial charge in [0.2, 0.25) is 5.91 Å². The predicted molar refractivity (Wildman–Crippen MR) is 84.2 cm³/mol. The zero-order valence-electron chi connectivity index (χ0n) is 11.9. The average molecular weight is 338 g/mol. The van der Waals surface area contributed by atoms with Crippen LogP contribution in [0.4, 0.5) is 0 Å². The highest BCUT2D eigenvalue weighted by molar-refractivity contribution is 8.76. The highest BCUT2D eigenvalue weighted by Crippen LogP contribution is 2.22. The Morgan fingerprint density at radius 3 is 2.24 bits per heavy atom. The molecule has 21 heavy (non-hydrogen) atoms. The number of nitrogens with one attached hydrogen (secondary N) is 1. The van der Waals surface area contributed by atoms with Gasteiger partial charge in [0, 0.05) is 17.9 Å². The smallest absolute Gasteiger partial charge is 0.327 e. The van der Waals surface area contributed by atoms with Crippen LogP contribution in [0.25, 0.3) is 0 Å². The first-order valence-corrected chi connectivity index (χ1v) is 9.12. The van der Waals surface area contributed by atoms with Gasteiger partial charge < -0.3 is 21.3 Å². The van der Waals surface area contributed by atoms with E-state index in [2.05, 4.69) is 5.32 Å². The van der Waals surface area contributed by atoms with Crippen molar-refractivity contribution in [2.45, 2.75) is 44.7 Å². The molecule has 0 radical (unpaired) electrons. The first-order chi connectivity index (χ1) is 9.88. The van der Waals surface area contributed by atoms with Gasteiger partial charge in [-0.1, -0.05) is 41.4 Å². The molecule has 0 rings (SSSR count). The Morgan fingerprint density at radius 1 is 1.10 bits per heavy atom. The first kappa shape index (κ1) is 20.1. The highest BCUT2D eigenvalue weighted by Gasteiger charge is 2.20. The van der Waals surface area contributed by atoms with E-state index in [9.17, 15) is 14.4 Å². The third-order valence-corrected chi connectivity index (χ3v) is 4.97. The third-order valence-electron chi connectivity index (χ3n) is 2.52. The van der Waals surface area contributed by atoms with Gasteiger partial charge in [0.15, 0.2) is 0 Å². The molecule has 0 unspecified atom stereocenters. The maximum absolute atomic E-state index is 11.6. The summed E-state index contributed by atoms with van der Waals surface area (Å²) in [4.78, 5) is 33.1. The normalized spacial score (nSPS) is 13.4. The summed E-state index contributed by atoms with van der Waals surface area (Å²) < 4.78 is 0. The van der Waals surface area contributed by atoms with E-state index in [1.807, 2.05) is 6.92 Å². The van der Waals surface area contributed by atoms with E-state index in [1.165, 1.54) is 21.6 Å². The lowest BCUT2D eigenvalue weighted by molar-refractivity contribution is -0.141. The predicted octanol–water partition coefficient (Wildman–Crippen LogP) is 0.929. The average Bonchev–Trinajstić information content (AvgIpc) is 2.41. The molecule has 0 aliphatic carbocycles. The van der Waals surface area contributed by atoms with Crippen LogP contribution in [-0.4, -0.2) is 51.6 Å². The van der Waals surface area contributed by atoms with E-state index in [0.29, 0.717) is 6.42 Å². The number of rotatable bonds is 12. The number of carbonyl (C=O) groups excluding carboxylic acids is 1. The van der Waals surface area contributed by atoms with Crippen LogP contribution in [-0.2, 0) is 14.4 Å². The molecule has 0 fully saturated rings. The minimum Gasteiger partial charge on any atom is -0.480 e. The number of carboxylic acid groups (broad SMARTS) is 2. The zero-order chi connectivity index (χ0) is 16.3. The summed E-state index contributed by atoms with van der Waals surface area (Å²) in [6, 6.07) is -1.95. The molecule has 9 heteroatoms. The summed E-state index contributed by atoms with van der Waals surface area (Å²) in [6.45, 7) is 2.02. The molecule has 7 nitrogen and oxygen atoms in total. The topological polar surface area (TPSA) is 130 Å². The minimum atomic E-state index is -1.10. The van der Waals surface area contributed by atoms with Crippen molar-refractivity contribution in [3.05, 3.63) is 0 Å². The van der Waals surface area contributed by atoms with Crippen molar-refractivity contribution in [3.63, 3.8) is 0 Å². The lowest BCUT2D eigenvalue weighted by Gasteiger charge is -2.14. The molecule has 5 N–H and O–H groups in total. The Hall–Kier alpha value is -0.930. The van der Waals surface area contributed by atoms with E-state index in [0.717, 1.165) is 19.3 Å². The van der Waals surface area contributed by atoms with Crippen molar-refractivity contribution in [1.29, 1.82) is 0 Å². The second kappa shape index (κ2) is 11.7. The van der Waals surface area contributed by atoms with Gasteiger partial charge in [-0.2, -0.15) is 0 Å². The maximum Gasteiger partial charge on any atom is 0.327 e. The molecule has 0 saturated heterocycles. The monoisotopic (exact) mass is 338 g/mol. The number of carbonyl (C=O) groups is 3. The second-order valence-corrected chi connectivity index (χ2v) is 6.98. The second-order valence-electron chi connectivity index (χ2n) is 4.43. The summed E-state index contributed by atoms with van der Waals surface area (Å²) in [5.41, 5.74) is 5.32. The van der Waals surface area contributed by atoms with E-state index in [-0.39, 0.29) is 17.4 Å². The summed E-state index contributed by atoms with van der Waals surface area (Å²) in [5.74, 6) is -2.14. The Morgan fingerprint density at radius 2 is 1.71 bits per heavy atom. The standard InChI is InChI=1S/C12H22N2O5S2/c1-2-3-4-5-10(15)14-9(12(18)19)7-21-20-6-8(13)11(16)17/h8-9H,2-7,13H2,1H3,(H,14,15)(H,16,17)(H,18,19)/t8-,9-/m0/s1. The van der Waals surface area contributed by atoms with Gasteiger partial charge in [-0.25, -0.2) is 4.79 Å². The van der Waals surface area contributed by atoms with Gasteiger partial charge in [-0.3, -0.25) is 9.59 Å². The molecule has 0 aromatic heterocycles. The number of nitrogens with two attached hydrogens (primary N) is 1. The minimum absolute atomic E-state index is 0.159. The van der Waals surface area contributed by atoms with E-state index < -0.39 is 24.0 Å². The van der Waals surface area contributed by atoms with Crippen LogP contribution >= 0.6 is 21.6 Å². The van der Waals surface area contributed by atoms with Gasteiger partial charge >= 0.3 is 11.9 Å². The number of hydrogen-bond donors (Lipinski definition) is 4. The summed E-state index contributed by atoms with van der Waals surface area (Å²) in [5, 5.41) is 20.1. The van der Waals surface area contributed by atoms with Crippen molar-refractivity contribution in [3.8, 4) is 0 Å². The van der Waals surface area contributed by atoms with Gasteiger partial charge in [0.05, 0.1) is 0 Å². The van der Waals surface area contributed by atoms with Crippen molar-refractivity contribution in [2.24, 2.45) is 5.73 Å². The molecule has 0 aliphatic heterocycles. The highest BCUT2D eigenvalue weighted by atomic mass is 33.1. The Kier molecular flexibility index (Phi) is 11.2. The Bertz CT molecular complexity index is 355. The van der Waals surface area contributed by atoms with Crippen LogP contribution in [0.1, 0.15) is 32.6 Å². The molecule has 0 spiro atoms. The fourth-order valence-electron chi connectivity index (χ4n) is 1.29. The zero-order valence-corrected chi connectivity index (χ0v) is 13.5. The summed E-state index contributed by atoms with van der Waals surface area (Å²) >= 11 is 0. The molecule has 0 aromatic carbocycles. The van der Waals surface area contributed by atoms with Crippen molar-refractivity contribution < 1.29 is 24.6 Å². The van der Waals surface area contributed by atoms with Gasteiger partial charge in [-0.05, 0) is 6.42 Å². The van der Waals surface area contributed by atoms with Crippen LogP contribution in [0, 0.1) is 0 Å². The van der Waals surface area contributed by atoms with E-state index in [4.69, 9.17) is 15.9 Å². The van der Waals surface area contributed by atoms with Crippen LogP contribution in [0.3, 0.4) is 0 Å². The lowest BCUT2D eigenvalue weighted by Crippen LogP contribution is -2.42. The fourth-order valence-corrected chi connectivity index (χ4v) is 3.55. The van der Waals surface area contributed by atoms with Crippen molar-refractivity contribution >= 4 is 39.4 Å². The molecule has 1 amide bonds. The Labute approximate surface area is 131 Å². The molecule has 0 bridgehead atoms. The maximum atomic E-state index is 11.6. The summed E-state index contributed by atoms with van der Waals surface area (Å²) in [6.07, 6.45) is 2.98. The quantitative estimate of drug-likeness (QED) is 0.305. The van der Waals surface area contributed by atoms with E-state index in [1.54, 1.807) is 0 Å². The van der Waals surface area contributed by atoms with Crippen LogP contribution in [0.15, 0.2) is 0 Å².